The van der Waals surface area contributed by atoms with Crippen LogP contribution in [0.25, 0.3) is 5.76 Å². The molecule has 4 rings (SSSR count). The standard InChI is InChI=1S/C25H27FN2O6/c1-32-19-8-5-17(15-20(19)33-2)23(29)21-22(16-3-6-18(26)7-4-16)28(25(31)24(21)30)10-9-27-11-13-34-14-12-27/h3-8,15,22,29H,9-14H2,1-2H3/t22-/m0/s1. The molecule has 0 saturated carbocycles. The average molecular weight is 470 g/mol. The number of likely N-dealkylation sites (tertiary alicyclic amines) is 1. The largest absolute Gasteiger partial charge is 0.507 e. The molecule has 8 nitrogen and oxygen atoms in total. The van der Waals surface area contributed by atoms with Gasteiger partial charge in [0, 0.05) is 31.7 Å². The van der Waals surface area contributed by atoms with Gasteiger partial charge in [-0.15, -0.1) is 0 Å². The van der Waals surface area contributed by atoms with E-state index in [0.717, 1.165) is 13.1 Å². The Hall–Kier alpha value is -3.43. The van der Waals surface area contributed by atoms with Gasteiger partial charge in [-0.25, -0.2) is 4.39 Å². The summed E-state index contributed by atoms with van der Waals surface area (Å²) in [5, 5.41) is 11.2. The van der Waals surface area contributed by atoms with Gasteiger partial charge in [0.15, 0.2) is 11.5 Å². The zero-order valence-electron chi connectivity index (χ0n) is 19.1. The topological polar surface area (TPSA) is 88.5 Å². The zero-order chi connectivity index (χ0) is 24.2. The minimum atomic E-state index is -0.852. The molecule has 2 heterocycles. The van der Waals surface area contributed by atoms with Gasteiger partial charge in [-0.3, -0.25) is 14.5 Å². The summed E-state index contributed by atoms with van der Waals surface area (Å²) in [4.78, 5) is 29.8. The van der Waals surface area contributed by atoms with Crippen molar-refractivity contribution in [2.24, 2.45) is 0 Å². The highest BCUT2D eigenvalue weighted by atomic mass is 19.1. The summed E-state index contributed by atoms with van der Waals surface area (Å²) < 4.78 is 29.6. The molecule has 0 unspecified atom stereocenters. The van der Waals surface area contributed by atoms with Gasteiger partial charge in [0.05, 0.1) is 39.0 Å². The Balaban J connectivity index is 1.75. The number of nitrogens with zero attached hydrogens (tertiary/aromatic N) is 2. The minimum Gasteiger partial charge on any atom is -0.507 e. The van der Waals surface area contributed by atoms with Crippen LogP contribution >= 0.6 is 0 Å². The second-order valence-corrected chi connectivity index (χ2v) is 8.07. The summed E-state index contributed by atoms with van der Waals surface area (Å²) in [6.07, 6.45) is 0. The smallest absolute Gasteiger partial charge is 0.295 e. The van der Waals surface area contributed by atoms with Crippen molar-refractivity contribution in [3.05, 3.63) is 65.0 Å². The molecule has 0 aromatic heterocycles. The van der Waals surface area contributed by atoms with Gasteiger partial charge < -0.3 is 24.2 Å². The predicted octanol–water partition coefficient (Wildman–Crippen LogP) is 2.60. The third kappa shape index (κ3) is 4.62. The van der Waals surface area contributed by atoms with Crippen LogP contribution in [-0.2, 0) is 14.3 Å². The maximum absolute atomic E-state index is 13.6. The second kappa shape index (κ2) is 10.2. The summed E-state index contributed by atoms with van der Waals surface area (Å²) in [7, 11) is 2.96. The zero-order valence-corrected chi connectivity index (χ0v) is 19.1. The molecule has 0 bridgehead atoms. The molecule has 2 aliphatic heterocycles. The molecule has 1 atom stereocenters. The lowest BCUT2D eigenvalue weighted by atomic mass is 9.95. The fraction of sp³-hybridized carbons (Fsp3) is 0.360. The first-order chi connectivity index (χ1) is 16.4. The molecule has 34 heavy (non-hydrogen) atoms. The van der Waals surface area contributed by atoms with Crippen LogP contribution in [0.4, 0.5) is 4.39 Å². The van der Waals surface area contributed by atoms with E-state index in [4.69, 9.17) is 14.2 Å². The predicted molar refractivity (Wildman–Crippen MR) is 122 cm³/mol. The number of morpholine rings is 1. The van der Waals surface area contributed by atoms with Crippen LogP contribution in [-0.4, -0.2) is 80.2 Å². The van der Waals surface area contributed by atoms with E-state index in [1.54, 1.807) is 12.1 Å². The highest BCUT2D eigenvalue weighted by Crippen LogP contribution is 2.40. The number of amides is 1. The number of hydrogen-bond acceptors (Lipinski definition) is 7. The number of methoxy groups -OCH3 is 2. The molecule has 2 saturated heterocycles. The quantitative estimate of drug-likeness (QED) is 0.378. The Kier molecular flexibility index (Phi) is 7.14. The molecule has 9 heteroatoms. The fourth-order valence-corrected chi connectivity index (χ4v) is 4.32. The van der Waals surface area contributed by atoms with Crippen LogP contribution in [0.2, 0.25) is 0 Å². The van der Waals surface area contributed by atoms with Crippen molar-refractivity contribution in [3.63, 3.8) is 0 Å². The number of halogens is 1. The Morgan fingerprint density at radius 1 is 1.03 bits per heavy atom. The lowest BCUT2D eigenvalue weighted by Crippen LogP contribution is -2.42. The van der Waals surface area contributed by atoms with Gasteiger partial charge in [0.25, 0.3) is 11.7 Å². The van der Waals surface area contributed by atoms with E-state index in [2.05, 4.69) is 4.90 Å². The SMILES string of the molecule is COc1ccc(C(O)=C2C(=O)C(=O)N(CCN3CCOCC3)[C@H]2c2ccc(F)cc2)cc1OC. The highest BCUT2D eigenvalue weighted by Gasteiger charge is 2.46. The van der Waals surface area contributed by atoms with E-state index in [1.165, 1.54) is 49.5 Å². The normalized spacial score (nSPS) is 20.6. The van der Waals surface area contributed by atoms with Crippen LogP contribution in [0.5, 0.6) is 11.5 Å². The van der Waals surface area contributed by atoms with Gasteiger partial charge in [-0.05, 0) is 35.9 Å². The van der Waals surface area contributed by atoms with Crippen LogP contribution in [0.1, 0.15) is 17.2 Å². The van der Waals surface area contributed by atoms with E-state index < -0.39 is 23.5 Å². The fourth-order valence-electron chi connectivity index (χ4n) is 4.32. The van der Waals surface area contributed by atoms with Crippen molar-refractivity contribution in [1.29, 1.82) is 0 Å². The van der Waals surface area contributed by atoms with Crippen molar-refractivity contribution in [2.75, 3.05) is 53.6 Å². The van der Waals surface area contributed by atoms with Crippen molar-refractivity contribution in [3.8, 4) is 11.5 Å². The molecule has 0 aliphatic carbocycles. The Bertz CT molecular complexity index is 1100. The Morgan fingerprint density at radius 3 is 2.35 bits per heavy atom. The van der Waals surface area contributed by atoms with Crippen LogP contribution in [0, 0.1) is 5.82 Å². The molecule has 0 radical (unpaired) electrons. The summed E-state index contributed by atoms with van der Waals surface area (Å²) >= 11 is 0. The van der Waals surface area contributed by atoms with Gasteiger partial charge in [-0.1, -0.05) is 12.1 Å². The monoisotopic (exact) mass is 470 g/mol. The van der Waals surface area contributed by atoms with E-state index in [0.29, 0.717) is 42.4 Å². The molecule has 2 aromatic rings. The molecular weight excluding hydrogens is 443 g/mol. The van der Waals surface area contributed by atoms with Crippen LogP contribution in [0.15, 0.2) is 48.0 Å². The third-order valence-corrected chi connectivity index (χ3v) is 6.14. The maximum Gasteiger partial charge on any atom is 0.295 e. The number of hydrogen-bond donors (Lipinski definition) is 1. The first-order valence-corrected chi connectivity index (χ1v) is 11.0. The highest BCUT2D eigenvalue weighted by molar-refractivity contribution is 6.46. The lowest BCUT2D eigenvalue weighted by molar-refractivity contribution is -0.140. The molecule has 2 fully saturated rings. The number of rotatable bonds is 7. The van der Waals surface area contributed by atoms with Gasteiger partial charge >= 0.3 is 0 Å². The lowest BCUT2D eigenvalue weighted by Gasteiger charge is -2.31. The first kappa shape index (κ1) is 23.7. The molecule has 2 aromatic carbocycles. The molecule has 0 spiro atoms. The van der Waals surface area contributed by atoms with Crippen LogP contribution in [0.3, 0.4) is 0 Å². The molecule has 1 amide bonds. The number of aliphatic hydroxyl groups excluding tert-OH is 1. The van der Waals surface area contributed by atoms with Crippen molar-refractivity contribution in [1.82, 2.24) is 9.80 Å². The molecular formula is C25H27FN2O6. The van der Waals surface area contributed by atoms with Gasteiger partial charge in [0.1, 0.15) is 11.6 Å². The average Bonchev–Trinajstić information content (AvgIpc) is 3.12. The number of benzene rings is 2. The van der Waals surface area contributed by atoms with E-state index >= 15 is 0 Å². The summed E-state index contributed by atoms with van der Waals surface area (Å²) in [5.41, 5.74) is 0.784. The van der Waals surface area contributed by atoms with Crippen molar-refractivity contribution < 1.29 is 33.3 Å². The van der Waals surface area contributed by atoms with Crippen molar-refractivity contribution in [2.45, 2.75) is 6.04 Å². The maximum atomic E-state index is 13.6. The van der Waals surface area contributed by atoms with E-state index in [-0.39, 0.29) is 17.9 Å². The molecule has 1 N–H and O–H groups in total. The summed E-state index contributed by atoms with van der Waals surface area (Å²) in [6.45, 7) is 3.51. The van der Waals surface area contributed by atoms with Crippen molar-refractivity contribution >= 4 is 17.4 Å². The first-order valence-electron chi connectivity index (χ1n) is 11.0. The summed E-state index contributed by atoms with van der Waals surface area (Å²) in [5.74, 6) is -1.43. The second-order valence-electron chi connectivity index (χ2n) is 8.07. The number of carbonyl (C=O) groups is 2. The summed E-state index contributed by atoms with van der Waals surface area (Å²) in [6, 6.07) is 9.47. The van der Waals surface area contributed by atoms with Gasteiger partial charge in [0.2, 0.25) is 0 Å². The number of ketones is 1. The third-order valence-electron chi connectivity index (χ3n) is 6.14. The number of aliphatic hydroxyl groups is 1. The number of ether oxygens (including phenoxy) is 3. The molecule has 180 valence electrons. The number of Topliss-reactive ketones (excluding diaryl/α,β-unsaturated/α-hetero) is 1. The Morgan fingerprint density at radius 2 is 1.71 bits per heavy atom. The van der Waals surface area contributed by atoms with E-state index in [1.807, 2.05) is 0 Å². The van der Waals surface area contributed by atoms with Crippen LogP contribution < -0.4 is 9.47 Å². The Labute approximate surface area is 197 Å². The van der Waals surface area contributed by atoms with Gasteiger partial charge in [-0.2, -0.15) is 0 Å². The molecule has 2 aliphatic rings. The van der Waals surface area contributed by atoms with E-state index in [9.17, 15) is 19.1 Å². The minimum absolute atomic E-state index is 0.0502. The number of carbonyl (C=O) groups excluding carboxylic acids is 2.